The molecular formula is C17H19FN4O3. The maximum absolute atomic E-state index is 13.8. The van der Waals surface area contributed by atoms with Crippen molar-refractivity contribution in [3.8, 4) is 11.5 Å². The van der Waals surface area contributed by atoms with E-state index in [4.69, 9.17) is 9.25 Å². The molecule has 1 atom stereocenters. The summed E-state index contributed by atoms with van der Waals surface area (Å²) >= 11 is 0. The quantitative estimate of drug-likeness (QED) is 0.665. The standard InChI is InChI=1S/C17H19FN4O3/c1-4-11(2)25-21-16(23)22-9-17(3,10-22)15-20-19-14(24-15)12-7-5-6-8-13(12)18/h4-8,11H,1,9-10H2,2-3H3,(H,21,23). The molecule has 1 saturated heterocycles. The minimum absolute atomic E-state index is 0.125. The van der Waals surface area contributed by atoms with E-state index in [1.807, 2.05) is 6.92 Å². The Balaban J connectivity index is 1.64. The number of rotatable bonds is 5. The van der Waals surface area contributed by atoms with Gasteiger partial charge in [-0.3, -0.25) is 4.84 Å². The number of nitrogens with zero attached hydrogens (tertiary/aromatic N) is 3. The van der Waals surface area contributed by atoms with Crippen LogP contribution in [0.1, 0.15) is 19.7 Å². The van der Waals surface area contributed by atoms with E-state index in [1.54, 1.807) is 36.1 Å². The lowest BCUT2D eigenvalue weighted by atomic mass is 9.82. The molecule has 25 heavy (non-hydrogen) atoms. The molecule has 132 valence electrons. The minimum atomic E-state index is -0.474. The molecule has 1 aromatic carbocycles. The van der Waals surface area contributed by atoms with E-state index in [0.29, 0.717) is 19.0 Å². The predicted molar refractivity (Wildman–Crippen MR) is 87.9 cm³/mol. The summed E-state index contributed by atoms with van der Waals surface area (Å²) in [5.74, 6) is 0.0708. The zero-order valence-corrected chi connectivity index (χ0v) is 14.0. The lowest BCUT2D eigenvalue weighted by Gasteiger charge is -2.45. The third-order valence-electron chi connectivity index (χ3n) is 4.08. The zero-order chi connectivity index (χ0) is 18.0. The maximum Gasteiger partial charge on any atom is 0.341 e. The van der Waals surface area contributed by atoms with Crippen LogP contribution >= 0.6 is 0 Å². The van der Waals surface area contributed by atoms with E-state index in [1.165, 1.54) is 6.07 Å². The van der Waals surface area contributed by atoms with Gasteiger partial charge in [0.25, 0.3) is 5.89 Å². The van der Waals surface area contributed by atoms with Crippen LogP contribution in [0.2, 0.25) is 0 Å². The molecule has 2 amide bonds. The summed E-state index contributed by atoms with van der Waals surface area (Å²) in [6.07, 6.45) is 1.29. The average molecular weight is 346 g/mol. The number of carbonyl (C=O) groups excluding carboxylic acids is 1. The number of nitrogens with one attached hydrogen (secondary N) is 1. The molecule has 8 heteroatoms. The topological polar surface area (TPSA) is 80.5 Å². The Morgan fingerprint density at radius 1 is 1.48 bits per heavy atom. The van der Waals surface area contributed by atoms with E-state index in [0.717, 1.165) is 0 Å². The number of hydrogen-bond acceptors (Lipinski definition) is 5. The van der Waals surface area contributed by atoms with Gasteiger partial charge in [0, 0.05) is 13.1 Å². The minimum Gasteiger partial charge on any atom is -0.420 e. The summed E-state index contributed by atoms with van der Waals surface area (Å²) in [7, 11) is 0. The number of benzene rings is 1. The summed E-state index contributed by atoms with van der Waals surface area (Å²) in [5.41, 5.74) is 2.14. The second-order valence-electron chi connectivity index (χ2n) is 6.27. The summed E-state index contributed by atoms with van der Waals surface area (Å²) in [6.45, 7) is 8.02. The van der Waals surface area contributed by atoms with Crippen molar-refractivity contribution in [2.24, 2.45) is 0 Å². The van der Waals surface area contributed by atoms with Gasteiger partial charge >= 0.3 is 6.03 Å². The highest BCUT2D eigenvalue weighted by molar-refractivity contribution is 5.74. The van der Waals surface area contributed by atoms with Crippen molar-refractivity contribution < 1.29 is 18.4 Å². The van der Waals surface area contributed by atoms with Crippen molar-refractivity contribution in [2.75, 3.05) is 13.1 Å². The summed E-state index contributed by atoms with van der Waals surface area (Å²) < 4.78 is 19.5. The van der Waals surface area contributed by atoms with Gasteiger partial charge in [-0.1, -0.05) is 18.2 Å². The molecular weight excluding hydrogens is 327 g/mol. The van der Waals surface area contributed by atoms with Crippen LogP contribution < -0.4 is 5.48 Å². The largest absolute Gasteiger partial charge is 0.420 e. The lowest BCUT2D eigenvalue weighted by molar-refractivity contribution is 0.00155. The smallest absolute Gasteiger partial charge is 0.341 e. The van der Waals surface area contributed by atoms with Crippen molar-refractivity contribution in [3.05, 3.63) is 48.6 Å². The SMILES string of the molecule is C=CC(C)ONC(=O)N1CC(C)(c2nnc(-c3ccccc3F)o2)C1. The normalized spacial score (nSPS) is 16.8. The molecule has 1 N–H and O–H groups in total. The van der Waals surface area contributed by atoms with Crippen LogP contribution in [0.15, 0.2) is 41.3 Å². The zero-order valence-electron chi connectivity index (χ0n) is 14.0. The summed E-state index contributed by atoms with van der Waals surface area (Å²) in [5, 5.41) is 7.95. The molecule has 0 radical (unpaired) electrons. The molecule has 3 rings (SSSR count). The molecule has 1 unspecified atom stereocenters. The highest BCUT2D eigenvalue weighted by Gasteiger charge is 2.47. The van der Waals surface area contributed by atoms with Gasteiger partial charge in [-0.05, 0) is 26.0 Å². The number of aromatic nitrogens is 2. The lowest BCUT2D eigenvalue weighted by Crippen LogP contribution is -2.62. The van der Waals surface area contributed by atoms with Crippen molar-refractivity contribution in [3.63, 3.8) is 0 Å². The molecule has 2 heterocycles. The second-order valence-corrected chi connectivity index (χ2v) is 6.27. The highest BCUT2D eigenvalue weighted by atomic mass is 19.1. The van der Waals surface area contributed by atoms with Crippen LogP contribution in [0.3, 0.4) is 0 Å². The first kappa shape index (κ1) is 17.1. The van der Waals surface area contributed by atoms with Crippen LogP contribution in [0, 0.1) is 5.82 Å². The fourth-order valence-electron chi connectivity index (χ4n) is 2.54. The summed E-state index contributed by atoms with van der Waals surface area (Å²) in [4.78, 5) is 18.6. The monoisotopic (exact) mass is 346 g/mol. The molecule has 0 bridgehead atoms. The van der Waals surface area contributed by atoms with Crippen molar-refractivity contribution in [1.82, 2.24) is 20.6 Å². The Morgan fingerprint density at radius 2 is 2.20 bits per heavy atom. The molecule has 1 aliphatic rings. The summed E-state index contributed by atoms with van der Waals surface area (Å²) in [6, 6.07) is 5.85. The molecule has 2 aromatic rings. The maximum atomic E-state index is 13.8. The molecule has 7 nitrogen and oxygen atoms in total. The Kier molecular flexibility index (Phi) is 4.54. The number of likely N-dealkylation sites (tertiary alicyclic amines) is 1. The number of amides is 2. The second kappa shape index (κ2) is 6.64. The third kappa shape index (κ3) is 3.39. The van der Waals surface area contributed by atoms with Crippen molar-refractivity contribution in [1.29, 1.82) is 0 Å². The molecule has 1 fully saturated rings. The van der Waals surface area contributed by atoms with Gasteiger partial charge < -0.3 is 9.32 Å². The van der Waals surface area contributed by atoms with Gasteiger partial charge in [-0.2, -0.15) is 0 Å². The third-order valence-corrected chi connectivity index (χ3v) is 4.08. The van der Waals surface area contributed by atoms with E-state index in [9.17, 15) is 9.18 Å². The van der Waals surface area contributed by atoms with Gasteiger partial charge in [0.1, 0.15) is 11.9 Å². The Hall–Kier alpha value is -2.74. The van der Waals surface area contributed by atoms with Crippen LogP contribution in [-0.4, -0.2) is 40.3 Å². The van der Waals surface area contributed by atoms with Crippen molar-refractivity contribution >= 4 is 6.03 Å². The number of carbonyl (C=O) groups is 1. The molecule has 0 spiro atoms. The number of urea groups is 1. The van der Waals surface area contributed by atoms with E-state index in [2.05, 4.69) is 22.3 Å². The van der Waals surface area contributed by atoms with E-state index >= 15 is 0 Å². The highest BCUT2D eigenvalue weighted by Crippen LogP contribution is 2.34. The first-order chi connectivity index (χ1) is 11.9. The number of hydrogen-bond donors (Lipinski definition) is 1. The Labute approximate surface area is 144 Å². The van der Waals surface area contributed by atoms with Gasteiger partial charge in [0.05, 0.1) is 11.0 Å². The van der Waals surface area contributed by atoms with Gasteiger partial charge in [-0.25, -0.2) is 14.7 Å². The fourth-order valence-corrected chi connectivity index (χ4v) is 2.54. The Morgan fingerprint density at radius 3 is 2.88 bits per heavy atom. The van der Waals surface area contributed by atoms with Crippen LogP contribution in [0.25, 0.3) is 11.5 Å². The molecule has 0 saturated carbocycles. The molecule has 1 aromatic heterocycles. The Bertz CT molecular complexity index is 786. The van der Waals surface area contributed by atoms with E-state index in [-0.39, 0.29) is 23.6 Å². The van der Waals surface area contributed by atoms with Crippen LogP contribution in [-0.2, 0) is 10.3 Å². The fraction of sp³-hybridized carbons (Fsp3) is 0.353. The van der Waals surface area contributed by atoms with Crippen molar-refractivity contribution in [2.45, 2.75) is 25.4 Å². The number of halogens is 1. The van der Waals surface area contributed by atoms with E-state index < -0.39 is 11.2 Å². The predicted octanol–water partition coefficient (Wildman–Crippen LogP) is 2.66. The average Bonchev–Trinajstić information content (AvgIpc) is 3.07. The number of hydroxylamine groups is 1. The van der Waals surface area contributed by atoms with Gasteiger partial charge in [-0.15, -0.1) is 16.8 Å². The first-order valence-corrected chi connectivity index (χ1v) is 7.85. The van der Waals surface area contributed by atoms with Crippen LogP contribution in [0.4, 0.5) is 9.18 Å². The first-order valence-electron chi connectivity index (χ1n) is 7.85. The molecule has 0 aliphatic carbocycles. The van der Waals surface area contributed by atoms with Gasteiger partial charge in [0.15, 0.2) is 0 Å². The van der Waals surface area contributed by atoms with Gasteiger partial charge in [0.2, 0.25) is 5.89 Å². The molecule has 1 aliphatic heterocycles. The van der Waals surface area contributed by atoms with Crippen LogP contribution in [0.5, 0.6) is 0 Å².